The number of nitrogens with zero attached hydrogens (tertiary/aromatic N) is 2. The maximum atomic E-state index is 12.4. The summed E-state index contributed by atoms with van der Waals surface area (Å²) in [6, 6.07) is -0.388. The zero-order valence-electron chi connectivity index (χ0n) is 14.7. The van der Waals surface area contributed by atoms with Gasteiger partial charge in [0.15, 0.2) is 0 Å². The molecule has 0 saturated carbocycles. The molecule has 1 rings (SSSR count). The van der Waals surface area contributed by atoms with Gasteiger partial charge in [0, 0.05) is 19.6 Å². The summed E-state index contributed by atoms with van der Waals surface area (Å²) in [6.45, 7) is 12.4. The lowest BCUT2D eigenvalue weighted by molar-refractivity contribution is -0.136. The van der Waals surface area contributed by atoms with Crippen LogP contribution < -0.4 is 5.73 Å². The normalized spacial score (nSPS) is 19.1. The van der Waals surface area contributed by atoms with Gasteiger partial charge in [-0.1, -0.05) is 34.1 Å². The van der Waals surface area contributed by atoms with E-state index in [4.69, 9.17) is 5.73 Å². The summed E-state index contributed by atoms with van der Waals surface area (Å²) in [6.07, 6.45) is 4.74. The van der Waals surface area contributed by atoms with Gasteiger partial charge in [-0.05, 0) is 44.2 Å². The Balaban J connectivity index is 2.36. The molecule has 1 saturated heterocycles. The van der Waals surface area contributed by atoms with Gasteiger partial charge in [-0.15, -0.1) is 0 Å². The van der Waals surface area contributed by atoms with Crippen LogP contribution in [0.15, 0.2) is 0 Å². The fourth-order valence-electron chi connectivity index (χ4n) is 2.86. The van der Waals surface area contributed by atoms with Gasteiger partial charge in [-0.2, -0.15) is 0 Å². The molecule has 0 bridgehead atoms. The number of unbranched alkanes of at least 4 members (excludes halogenated alkanes) is 1. The molecule has 0 radical (unpaired) electrons. The summed E-state index contributed by atoms with van der Waals surface area (Å²) in [7, 11) is 2.21. The van der Waals surface area contributed by atoms with Crippen molar-refractivity contribution in [3.63, 3.8) is 0 Å². The van der Waals surface area contributed by atoms with E-state index in [0.717, 1.165) is 38.4 Å². The standard InChI is InChI=1S/C17H35N3O/c1-6-7-10-19(5)13-14-8-11-20(12-9-14)16(21)15(18)17(2,3)4/h14-15H,6-13,18H2,1-5H3/t15-/m1/s1. The molecule has 1 aliphatic rings. The largest absolute Gasteiger partial charge is 0.341 e. The zero-order valence-corrected chi connectivity index (χ0v) is 14.7. The van der Waals surface area contributed by atoms with E-state index in [2.05, 4.69) is 18.9 Å². The number of rotatable bonds is 6. The Morgan fingerprint density at radius 1 is 1.33 bits per heavy atom. The lowest BCUT2D eigenvalue weighted by atomic mass is 9.86. The van der Waals surface area contributed by atoms with E-state index >= 15 is 0 Å². The summed E-state index contributed by atoms with van der Waals surface area (Å²) in [5, 5.41) is 0. The van der Waals surface area contributed by atoms with Crippen molar-refractivity contribution in [2.24, 2.45) is 17.1 Å². The second-order valence-corrected chi connectivity index (χ2v) is 7.73. The van der Waals surface area contributed by atoms with Crippen molar-refractivity contribution in [2.75, 3.05) is 33.2 Å². The van der Waals surface area contributed by atoms with Crippen LogP contribution in [0.5, 0.6) is 0 Å². The van der Waals surface area contributed by atoms with Crippen molar-refractivity contribution in [3.8, 4) is 0 Å². The van der Waals surface area contributed by atoms with Crippen molar-refractivity contribution in [1.82, 2.24) is 9.80 Å². The van der Waals surface area contributed by atoms with Crippen molar-refractivity contribution in [2.45, 2.75) is 59.4 Å². The van der Waals surface area contributed by atoms with E-state index in [9.17, 15) is 4.79 Å². The van der Waals surface area contributed by atoms with Crippen LogP contribution in [-0.2, 0) is 4.79 Å². The highest BCUT2D eigenvalue weighted by molar-refractivity contribution is 5.82. The van der Waals surface area contributed by atoms with Crippen LogP contribution in [0.1, 0.15) is 53.4 Å². The molecule has 1 amide bonds. The van der Waals surface area contributed by atoms with Crippen LogP contribution in [0.2, 0.25) is 0 Å². The molecule has 0 aromatic rings. The van der Waals surface area contributed by atoms with E-state index in [1.807, 2.05) is 25.7 Å². The molecule has 2 N–H and O–H groups in total. The number of carbonyl (C=O) groups is 1. The Kier molecular flexibility index (Phi) is 7.14. The monoisotopic (exact) mass is 297 g/mol. The van der Waals surface area contributed by atoms with Crippen molar-refractivity contribution >= 4 is 5.91 Å². The van der Waals surface area contributed by atoms with E-state index in [1.165, 1.54) is 19.4 Å². The Morgan fingerprint density at radius 2 is 1.90 bits per heavy atom. The average Bonchev–Trinajstić information content (AvgIpc) is 2.43. The maximum Gasteiger partial charge on any atom is 0.240 e. The molecule has 0 aromatic heterocycles. The van der Waals surface area contributed by atoms with Crippen LogP contribution in [0, 0.1) is 11.3 Å². The summed E-state index contributed by atoms with van der Waals surface area (Å²) >= 11 is 0. The predicted molar refractivity (Wildman–Crippen MR) is 89.1 cm³/mol. The quantitative estimate of drug-likeness (QED) is 0.818. The first kappa shape index (κ1) is 18.4. The van der Waals surface area contributed by atoms with Gasteiger partial charge < -0.3 is 15.5 Å². The Labute approximate surface area is 131 Å². The van der Waals surface area contributed by atoms with Crippen molar-refractivity contribution < 1.29 is 4.79 Å². The van der Waals surface area contributed by atoms with Gasteiger partial charge in [0.2, 0.25) is 5.91 Å². The topological polar surface area (TPSA) is 49.6 Å². The van der Waals surface area contributed by atoms with Gasteiger partial charge in [-0.25, -0.2) is 0 Å². The molecule has 0 aliphatic carbocycles. The van der Waals surface area contributed by atoms with Crippen molar-refractivity contribution in [1.29, 1.82) is 0 Å². The van der Waals surface area contributed by atoms with E-state index in [0.29, 0.717) is 0 Å². The first-order chi connectivity index (χ1) is 9.75. The minimum absolute atomic E-state index is 0.125. The third kappa shape index (κ3) is 5.95. The molecule has 1 aliphatic heterocycles. The second kappa shape index (κ2) is 8.14. The molecular weight excluding hydrogens is 262 g/mol. The van der Waals surface area contributed by atoms with E-state index in [1.54, 1.807) is 0 Å². The fourth-order valence-corrected chi connectivity index (χ4v) is 2.86. The molecule has 21 heavy (non-hydrogen) atoms. The number of piperidine rings is 1. The lowest BCUT2D eigenvalue weighted by Crippen LogP contribution is -2.52. The highest BCUT2D eigenvalue weighted by Crippen LogP contribution is 2.23. The molecule has 4 heteroatoms. The van der Waals surface area contributed by atoms with Crippen LogP contribution in [-0.4, -0.2) is 55.0 Å². The molecular formula is C17H35N3O. The number of nitrogens with two attached hydrogens (primary N) is 1. The van der Waals surface area contributed by atoms with Crippen molar-refractivity contribution in [3.05, 3.63) is 0 Å². The molecule has 0 spiro atoms. The van der Waals surface area contributed by atoms with Gasteiger partial charge in [0.25, 0.3) is 0 Å². The van der Waals surface area contributed by atoms with E-state index in [-0.39, 0.29) is 17.4 Å². The smallest absolute Gasteiger partial charge is 0.240 e. The molecule has 4 nitrogen and oxygen atoms in total. The second-order valence-electron chi connectivity index (χ2n) is 7.73. The van der Waals surface area contributed by atoms with Crippen LogP contribution in [0.25, 0.3) is 0 Å². The van der Waals surface area contributed by atoms with Crippen LogP contribution in [0.3, 0.4) is 0 Å². The summed E-state index contributed by atoms with van der Waals surface area (Å²) < 4.78 is 0. The molecule has 124 valence electrons. The summed E-state index contributed by atoms with van der Waals surface area (Å²) in [4.78, 5) is 16.8. The maximum absolute atomic E-state index is 12.4. The molecule has 1 fully saturated rings. The number of likely N-dealkylation sites (tertiary alicyclic amines) is 1. The predicted octanol–water partition coefficient (Wildman–Crippen LogP) is 2.33. The van der Waals surface area contributed by atoms with Gasteiger partial charge >= 0.3 is 0 Å². The zero-order chi connectivity index (χ0) is 16.0. The minimum atomic E-state index is -0.388. The van der Waals surface area contributed by atoms with Crippen LogP contribution >= 0.6 is 0 Å². The van der Waals surface area contributed by atoms with Crippen LogP contribution in [0.4, 0.5) is 0 Å². The third-order valence-corrected chi connectivity index (χ3v) is 4.59. The third-order valence-electron chi connectivity index (χ3n) is 4.59. The average molecular weight is 297 g/mol. The van der Waals surface area contributed by atoms with Gasteiger partial charge in [-0.3, -0.25) is 4.79 Å². The lowest BCUT2D eigenvalue weighted by Gasteiger charge is -2.37. The molecule has 1 heterocycles. The Morgan fingerprint density at radius 3 is 2.38 bits per heavy atom. The Bertz CT molecular complexity index is 316. The highest BCUT2D eigenvalue weighted by atomic mass is 16.2. The molecule has 1 atom stereocenters. The number of carbonyl (C=O) groups excluding carboxylic acids is 1. The summed E-state index contributed by atoms with van der Waals surface area (Å²) in [5.74, 6) is 0.849. The SMILES string of the molecule is CCCCN(C)CC1CCN(C(=O)[C@@H](N)C(C)(C)C)CC1. The number of hydrogen-bond donors (Lipinski definition) is 1. The first-order valence-corrected chi connectivity index (χ1v) is 8.48. The fraction of sp³-hybridized carbons (Fsp3) is 0.941. The van der Waals surface area contributed by atoms with Gasteiger partial charge in [0.05, 0.1) is 6.04 Å². The van der Waals surface area contributed by atoms with E-state index < -0.39 is 0 Å². The minimum Gasteiger partial charge on any atom is -0.341 e. The number of hydrogen-bond acceptors (Lipinski definition) is 3. The summed E-state index contributed by atoms with van der Waals surface area (Å²) in [5.41, 5.74) is 5.94. The van der Waals surface area contributed by atoms with Gasteiger partial charge in [0.1, 0.15) is 0 Å². The highest BCUT2D eigenvalue weighted by Gasteiger charge is 2.32. The number of amides is 1. The first-order valence-electron chi connectivity index (χ1n) is 8.48. The Hall–Kier alpha value is -0.610. The molecule has 0 aromatic carbocycles. The molecule has 0 unspecified atom stereocenters.